The smallest absolute Gasteiger partial charge is 0.302 e. The van der Waals surface area contributed by atoms with E-state index in [9.17, 15) is 24.8 Å². The van der Waals surface area contributed by atoms with E-state index in [4.69, 9.17) is 4.74 Å². The summed E-state index contributed by atoms with van der Waals surface area (Å²) in [4.78, 5) is 46.0. The molecule has 0 saturated carbocycles. The zero-order chi connectivity index (χ0) is 23.5. The second-order valence-electron chi connectivity index (χ2n) is 7.03. The summed E-state index contributed by atoms with van der Waals surface area (Å²) >= 11 is 0. The summed E-state index contributed by atoms with van der Waals surface area (Å²) in [6, 6.07) is 12.2. The van der Waals surface area contributed by atoms with Crippen molar-refractivity contribution in [1.29, 1.82) is 0 Å². The van der Waals surface area contributed by atoms with Crippen LogP contribution in [-0.2, 0) is 9.59 Å². The summed E-state index contributed by atoms with van der Waals surface area (Å²) in [5, 5.41) is 22.4. The van der Waals surface area contributed by atoms with E-state index in [1.54, 1.807) is 30.3 Å². The number of Topliss-reactive ketones (excluding diaryl/α,β-unsaturated/α-hetero) is 1. The number of nitro benzene ring substituents is 1. The molecule has 1 fully saturated rings. The molecule has 1 aromatic heterocycles. The van der Waals surface area contributed by atoms with Crippen LogP contribution in [0, 0.1) is 10.1 Å². The van der Waals surface area contributed by atoms with Gasteiger partial charge in [-0.3, -0.25) is 24.6 Å². The van der Waals surface area contributed by atoms with Crippen molar-refractivity contribution in [3.05, 3.63) is 93.8 Å². The molecule has 1 saturated heterocycles. The SMILES string of the molecule is CCOc1ccc(/C(O)=C2/C(=O)C(=O)N(c3ncccn3)C2c2cccc([N+](=O)[O-])c2)cc1. The molecule has 1 aliphatic rings. The van der Waals surface area contributed by atoms with Crippen LogP contribution in [0.3, 0.4) is 0 Å². The van der Waals surface area contributed by atoms with E-state index in [0.717, 1.165) is 4.90 Å². The zero-order valence-corrected chi connectivity index (χ0v) is 17.4. The highest BCUT2D eigenvalue weighted by atomic mass is 16.6. The Morgan fingerprint density at radius 2 is 1.82 bits per heavy atom. The van der Waals surface area contributed by atoms with Crippen LogP contribution in [0.1, 0.15) is 24.1 Å². The number of benzene rings is 2. The molecular formula is C23H18N4O6. The summed E-state index contributed by atoms with van der Waals surface area (Å²) in [6.45, 7) is 2.29. The number of carbonyl (C=O) groups is 2. The van der Waals surface area contributed by atoms with E-state index in [-0.39, 0.29) is 28.3 Å². The molecule has 4 rings (SSSR count). The fraction of sp³-hybridized carbons (Fsp3) is 0.130. The normalized spacial score (nSPS) is 17.2. The summed E-state index contributed by atoms with van der Waals surface area (Å²) in [7, 11) is 0. The van der Waals surface area contributed by atoms with Crippen LogP contribution < -0.4 is 9.64 Å². The Hall–Kier alpha value is -4.60. The highest BCUT2D eigenvalue weighted by molar-refractivity contribution is 6.51. The molecule has 2 heterocycles. The second kappa shape index (κ2) is 8.87. The number of amides is 1. The lowest BCUT2D eigenvalue weighted by Gasteiger charge is -2.23. The van der Waals surface area contributed by atoms with E-state index in [0.29, 0.717) is 12.4 Å². The Morgan fingerprint density at radius 3 is 2.45 bits per heavy atom. The molecule has 1 unspecified atom stereocenters. The standard InChI is InChI=1S/C23H18N4O6/c1-2-33-17-9-7-14(8-10-17)20(28)18-19(15-5-3-6-16(13-15)27(31)32)26(22(30)21(18)29)23-24-11-4-12-25-23/h3-13,19,28H,2H2,1H3/b20-18-. The fourth-order valence-electron chi connectivity index (χ4n) is 3.61. The number of non-ortho nitro benzene ring substituents is 1. The third kappa shape index (κ3) is 4.01. The summed E-state index contributed by atoms with van der Waals surface area (Å²) in [6.07, 6.45) is 2.80. The van der Waals surface area contributed by atoms with Crippen molar-refractivity contribution in [3.8, 4) is 5.75 Å². The van der Waals surface area contributed by atoms with Gasteiger partial charge in [0, 0.05) is 30.1 Å². The maximum atomic E-state index is 13.1. The number of aliphatic hydroxyl groups excluding tert-OH is 1. The molecule has 10 nitrogen and oxygen atoms in total. The first-order valence-corrected chi connectivity index (χ1v) is 9.98. The Bertz CT molecular complexity index is 1260. The van der Waals surface area contributed by atoms with Crippen molar-refractivity contribution in [1.82, 2.24) is 9.97 Å². The van der Waals surface area contributed by atoms with Crippen molar-refractivity contribution >= 4 is 29.1 Å². The molecule has 0 spiro atoms. The van der Waals surface area contributed by atoms with Crippen LogP contribution >= 0.6 is 0 Å². The van der Waals surface area contributed by atoms with Gasteiger partial charge in [-0.05, 0) is 42.8 Å². The molecule has 0 bridgehead atoms. The number of nitrogens with zero attached hydrogens (tertiary/aromatic N) is 4. The maximum absolute atomic E-state index is 13.1. The molecule has 1 amide bonds. The molecule has 0 aliphatic carbocycles. The number of ketones is 1. The quantitative estimate of drug-likeness (QED) is 0.200. The number of nitro groups is 1. The first-order valence-electron chi connectivity index (χ1n) is 9.98. The molecule has 33 heavy (non-hydrogen) atoms. The van der Waals surface area contributed by atoms with Crippen LogP contribution in [-0.4, -0.2) is 38.3 Å². The average Bonchev–Trinajstić information content (AvgIpc) is 3.10. The minimum absolute atomic E-state index is 0.0677. The lowest BCUT2D eigenvalue weighted by atomic mass is 9.95. The first-order chi connectivity index (χ1) is 15.9. The third-order valence-corrected chi connectivity index (χ3v) is 5.05. The Morgan fingerprint density at radius 1 is 1.12 bits per heavy atom. The number of aromatic nitrogens is 2. The highest BCUT2D eigenvalue weighted by Crippen LogP contribution is 2.41. The van der Waals surface area contributed by atoms with Crippen molar-refractivity contribution in [2.45, 2.75) is 13.0 Å². The fourth-order valence-corrected chi connectivity index (χ4v) is 3.61. The van der Waals surface area contributed by atoms with Crippen molar-refractivity contribution in [2.24, 2.45) is 0 Å². The number of ether oxygens (including phenoxy) is 1. The maximum Gasteiger partial charge on any atom is 0.302 e. The van der Waals surface area contributed by atoms with Gasteiger partial charge in [-0.2, -0.15) is 0 Å². The van der Waals surface area contributed by atoms with Gasteiger partial charge >= 0.3 is 5.91 Å². The van der Waals surface area contributed by atoms with Crippen LogP contribution in [0.5, 0.6) is 5.75 Å². The largest absolute Gasteiger partial charge is 0.507 e. The van der Waals surface area contributed by atoms with Crippen molar-refractivity contribution < 1.29 is 24.4 Å². The third-order valence-electron chi connectivity index (χ3n) is 5.05. The van der Waals surface area contributed by atoms with Crippen LogP contribution in [0.25, 0.3) is 5.76 Å². The van der Waals surface area contributed by atoms with Gasteiger partial charge in [-0.15, -0.1) is 0 Å². The van der Waals surface area contributed by atoms with Gasteiger partial charge in [0.15, 0.2) is 0 Å². The number of rotatable bonds is 6. The van der Waals surface area contributed by atoms with Crippen LogP contribution in [0.2, 0.25) is 0 Å². The lowest BCUT2D eigenvalue weighted by Crippen LogP contribution is -2.31. The highest BCUT2D eigenvalue weighted by Gasteiger charge is 2.48. The van der Waals surface area contributed by atoms with Crippen LogP contribution in [0.15, 0.2) is 72.6 Å². The number of hydrogen-bond donors (Lipinski definition) is 1. The van der Waals surface area contributed by atoms with E-state index in [1.807, 2.05) is 6.92 Å². The molecule has 1 N–H and O–H groups in total. The van der Waals surface area contributed by atoms with Crippen molar-refractivity contribution in [2.75, 3.05) is 11.5 Å². The molecule has 166 valence electrons. The lowest BCUT2D eigenvalue weighted by molar-refractivity contribution is -0.384. The number of aliphatic hydroxyl groups is 1. The molecule has 1 atom stereocenters. The summed E-state index contributed by atoms with van der Waals surface area (Å²) < 4.78 is 5.40. The van der Waals surface area contributed by atoms with Gasteiger partial charge in [0.2, 0.25) is 5.95 Å². The Kier molecular flexibility index (Phi) is 5.81. The monoisotopic (exact) mass is 446 g/mol. The zero-order valence-electron chi connectivity index (χ0n) is 17.4. The topological polar surface area (TPSA) is 136 Å². The number of anilines is 1. The van der Waals surface area contributed by atoms with E-state index >= 15 is 0 Å². The predicted molar refractivity (Wildman–Crippen MR) is 118 cm³/mol. The minimum Gasteiger partial charge on any atom is -0.507 e. The van der Waals surface area contributed by atoms with Gasteiger partial charge < -0.3 is 9.84 Å². The Labute approximate surface area is 187 Å². The Balaban J connectivity index is 1.91. The molecule has 10 heteroatoms. The van der Waals surface area contributed by atoms with Gasteiger partial charge in [0.25, 0.3) is 11.5 Å². The second-order valence-corrected chi connectivity index (χ2v) is 7.03. The molecule has 1 aliphatic heterocycles. The van der Waals surface area contributed by atoms with Crippen molar-refractivity contribution in [3.63, 3.8) is 0 Å². The van der Waals surface area contributed by atoms with E-state index in [2.05, 4.69) is 9.97 Å². The van der Waals surface area contributed by atoms with Gasteiger partial charge in [-0.1, -0.05) is 12.1 Å². The van der Waals surface area contributed by atoms with E-state index in [1.165, 1.54) is 36.7 Å². The van der Waals surface area contributed by atoms with Gasteiger partial charge in [0.1, 0.15) is 11.5 Å². The molecule has 0 radical (unpaired) electrons. The summed E-state index contributed by atoms with van der Waals surface area (Å²) in [5.41, 5.74) is 0.0782. The number of carbonyl (C=O) groups excluding carboxylic acids is 2. The molecular weight excluding hydrogens is 428 g/mol. The average molecular weight is 446 g/mol. The first kappa shape index (κ1) is 21.6. The minimum atomic E-state index is -1.17. The predicted octanol–water partition coefficient (Wildman–Crippen LogP) is 3.41. The van der Waals surface area contributed by atoms with Gasteiger partial charge in [0.05, 0.1) is 23.1 Å². The summed E-state index contributed by atoms with van der Waals surface area (Å²) in [5.74, 6) is -1.83. The van der Waals surface area contributed by atoms with Gasteiger partial charge in [-0.25, -0.2) is 9.97 Å². The molecule has 3 aromatic rings. The number of hydrogen-bond acceptors (Lipinski definition) is 8. The molecule has 2 aromatic carbocycles. The van der Waals surface area contributed by atoms with Crippen LogP contribution in [0.4, 0.5) is 11.6 Å². The van der Waals surface area contributed by atoms with E-state index < -0.39 is 28.4 Å².